The standard InChI is InChI=1S/C17H19N3O/c1-20(2)17(21)15-10-11-16(19-13-15)18-12-6-9-14-7-4-3-5-8-14/h3-11,13H,12H2,1-2H3,(H,18,19)/b9-6+. The van der Waals surface area contributed by atoms with Gasteiger partial charge in [0, 0.05) is 26.8 Å². The molecule has 1 heterocycles. The maximum absolute atomic E-state index is 11.7. The number of amides is 1. The normalized spacial score (nSPS) is 10.6. The Morgan fingerprint density at radius 3 is 2.57 bits per heavy atom. The Balaban J connectivity index is 1.87. The van der Waals surface area contributed by atoms with Crippen LogP contribution in [0.15, 0.2) is 54.7 Å². The fraction of sp³-hybridized carbons (Fsp3) is 0.176. The van der Waals surface area contributed by atoms with Gasteiger partial charge in [-0.2, -0.15) is 0 Å². The number of pyridine rings is 1. The molecule has 1 aromatic carbocycles. The Hall–Kier alpha value is -2.62. The van der Waals surface area contributed by atoms with E-state index in [4.69, 9.17) is 0 Å². The van der Waals surface area contributed by atoms with E-state index in [9.17, 15) is 4.79 Å². The largest absolute Gasteiger partial charge is 0.367 e. The van der Waals surface area contributed by atoms with E-state index >= 15 is 0 Å². The summed E-state index contributed by atoms with van der Waals surface area (Å²) in [6, 6.07) is 13.7. The number of rotatable bonds is 5. The Bertz CT molecular complexity index is 604. The van der Waals surface area contributed by atoms with E-state index < -0.39 is 0 Å². The van der Waals surface area contributed by atoms with Gasteiger partial charge in [0.05, 0.1) is 5.56 Å². The van der Waals surface area contributed by atoms with Crippen LogP contribution in [-0.4, -0.2) is 36.4 Å². The summed E-state index contributed by atoms with van der Waals surface area (Å²) in [6.07, 6.45) is 5.68. The van der Waals surface area contributed by atoms with Crippen LogP contribution < -0.4 is 5.32 Å². The van der Waals surface area contributed by atoms with Crippen molar-refractivity contribution in [2.45, 2.75) is 0 Å². The fourth-order valence-electron chi connectivity index (χ4n) is 1.81. The maximum Gasteiger partial charge on any atom is 0.254 e. The lowest BCUT2D eigenvalue weighted by Gasteiger charge is -2.10. The average molecular weight is 281 g/mol. The number of anilines is 1. The molecule has 0 aliphatic carbocycles. The molecular formula is C17H19N3O. The molecule has 0 bridgehead atoms. The summed E-state index contributed by atoms with van der Waals surface area (Å²) in [5, 5.41) is 3.19. The highest BCUT2D eigenvalue weighted by atomic mass is 16.2. The molecule has 0 unspecified atom stereocenters. The minimum absolute atomic E-state index is 0.0435. The van der Waals surface area contributed by atoms with E-state index in [0.717, 1.165) is 5.82 Å². The monoisotopic (exact) mass is 281 g/mol. The van der Waals surface area contributed by atoms with Gasteiger partial charge >= 0.3 is 0 Å². The van der Waals surface area contributed by atoms with E-state index in [1.807, 2.05) is 30.3 Å². The van der Waals surface area contributed by atoms with Crippen molar-refractivity contribution in [2.24, 2.45) is 0 Å². The van der Waals surface area contributed by atoms with Crippen LogP contribution in [0.4, 0.5) is 5.82 Å². The van der Waals surface area contributed by atoms with E-state index in [1.54, 1.807) is 26.4 Å². The summed E-state index contributed by atoms with van der Waals surface area (Å²) in [7, 11) is 3.45. The highest BCUT2D eigenvalue weighted by molar-refractivity contribution is 5.93. The Morgan fingerprint density at radius 1 is 1.19 bits per heavy atom. The third kappa shape index (κ3) is 4.45. The third-order valence-electron chi connectivity index (χ3n) is 2.93. The highest BCUT2D eigenvalue weighted by Crippen LogP contribution is 2.07. The molecule has 0 saturated heterocycles. The van der Waals surface area contributed by atoms with Gasteiger partial charge in [-0.05, 0) is 17.7 Å². The van der Waals surface area contributed by atoms with Crippen LogP contribution in [0.1, 0.15) is 15.9 Å². The van der Waals surface area contributed by atoms with Gasteiger partial charge in [0.1, 0.15) is 5.82 Å². The summed E-state index contributed by atoms with van der Waals surface area (Å²) in [5.74, 6) is 0.709. The van der Waals surface area contributed by atoms with E-state index in [-0.39, 0.29) is 5.91 Å². The van der Waals surface area contributed by atoms with Crippen molar-refractivity contribution in [1.82, 2.24) is 9.88 Å². The molecule has 21 heavy (non-hydrogen) atoms. The van der Waals surface area contributed by atoms with E-state index in [2.05, 4.69) is 28.5 Å². The van der Waals surface area contributed by atoms with Crippen LogP contribution >= 0.6 is 0 Å². The minimum Gasteiger partial charge on any atom is -0.367 e. The van der Waals surface area contributed by atoms with Crippen molar-refractivity contribution in [2.75, 3.05) is 26.0 Å². The lowest BCUT2D eigenvalue weighted by atomic mass is 10.2. The molecule has 1 amide bonds. The zero-order valence-electron chi connectivity index (χ0n) is 12.3. The molecule has 2 rings (SSSR count). The van der Waals surface area contributed by atoms with Crippen LogP contribution in [0.25, 0.3) is 6.08 Å². The Kier molecular flexibility index (Phi) is 5.10. The van der Waals surface area contributed by atoms with Crippen LogP contribution in [-0.2, 0) is 0 Å². The molecule has 1 N–H and O–H groups in total. The highest BCUT2D eigenvalue weighted by Gasteiger charge is 2.07. The lowest BCUT2D eigenvalue weighted by Crippen LogP contribution is -2.21. The lowest BCUT2D eigenvalue weighted by molar-refractivity contribution is 0.0827. The van der Waals surface area contributed by atoms with Gasteiger partial charge in [-0.25, -0.2) is 4.98 Å². The number of aromatic nitrogens is 1. The summed E-state index contributed by atoms with van der Waals surface area (Å²) in [4.78, 5) is 17.5. The number of hydrogen-bond acceptors (Lipinski definition) is 3. The smallest absolute Gasteiger partial charge is 0.254 e. The van der Waals surface area contributed by atoms with Crippen LogP contribution in [0, 0.1) is 0 Å². The van der Waals surface area contributed by atoms with Gasteiger partial charge in [-0.3, -0.25) is 4.79 Å². The average Bonchev–Trinajstić information content (AvgIpc) is 2.52. The predicted molar refractivity (Wildman–Crippen MR) is 86.2 cm³/mol. The second-order valence-corrected chi connectivity index (χ2v) is 4.83. The summed E-state index contributed by atoms with van der Waals surface area (Å²) in [5.41, 5.74) is 1.75. The first-order valence-electron chi connectivity index (χ1n) is 6.80. The number of nitrogens with one attached hydrogen (secondary N) is 1. The molecule has 0 atom stereocenters. The van der Waals surface area contributed by atoms with Gasteiger partial charge in [0.15, 0.2) is 0 Å². The van der Waals surface area contributed by atoms with Gasteiger partial charge < -0.3 is 10.2 Å². The molecule has 0 spiro atoms. The van der Waals surface area contributed by atoms with Crippen LogP contribution in [0.3, 0.4) is 0 Å². The first-order valence-corrected chi connectivity index (χ1v) is 6.80. The number of hydrogen-bond donors (Lipinski definition) is 1. The predicted octanol–water partition coefficient (Wildman–Crippen LogP) is 2.91. The van der Waals surface area contributed by atoms with Gasteiger partial charge in [-0.15, -0.1) is 0 Å². The summed E-state index contributed by atoms with van der Waals surface area (Å²) in [6.45, 7) is 0.683. The first kappa shape index (κ1) is 14.8. The van der Waals surface area contributed by atoms with Crippen molar-refractivity contribution in [3.05, 3.63) is 65.9 Å². The van der Waals surface area contributed by atoms with E-state index in [1.165, 1.54) is 10.5 Å². The second kappa shape index (κ2) is 7.24. The SMILES string of the molecule is CN(C)C(=O)c1ccc(NC/C=C/c2ccccc2)nc1. The van der Waals surface area contributed by atoms with Crippen LogP contribution in [0.2, 0.25) is 0 Å². The fourth-order valence-corrected chi connectivity index (χ4v) is 1.81. The Morgan fingerprint density at radius 2 is 1.95 bits per heavy atom. The molecule has 108 valence electrons. The van der Waals surface area contributed by atoms with Crippen molar-refractivity contribution in [3.63, 3.8) is 0 Å². The van der Waals surface area contributed by atoms with Gasteiger partial charge in [0.2, 0.25) is 0 Å². The van der Waals surface area contributed by atoms with Crippen molar-refractivity contribution in [3.8, 4) is 0 Å². The molecule has 0 aliphatic rings. The number of carbonyl (C=O) groups is 1. The van der Waals surface area contributed by atoms with Crippen molar-refractivity contribution < 1.29 is 4.79 Å². The zero-order valence-corrected chi connectivity index (χ0v) is 12.3. The molecule has 4 heteroatoms. The van der Waals surface area contributed by atoms with E-state index in [0.29, 0.717) is 12.1 Å². The quantitative estimate of drug-likeness (QED) is 0.916. The van der Waals surface area contributed by atoms with Crippen molar-refractivity contribution >= 4 is 17.8 Å². The van der Waals surface area contributed by atoms with Gasteiger partial charge in [-0.1, -0.05) is 42.5 Å². The third-order valence-corrected chi connectivity index (χ3v) is 2.93. The molecule has 1 aromatic heterocycles. The molecule has 0 fully saturated rings. The molecule has 0 saturated carbocycles. The Labute approximate surface area is 125 Å². The summed E-state index contributed by atoms with van der Waals surface area (Å²) < 4.78 is 0. The molecule has 0 aliphatic heterocycles. The molecule has 2 aromatic rings. The van der Waals surface area contributed by atoms with Crippen LogP contribution in [0.5, 0.6) is 0 Å². The molecule has 0 radical (unpaired) electrons. The topological polar surface area (TPSA) is 45.2 Å². The molecule has 4 nitrogen and oxygen atoms in total. The summed E-state index contributed by atoms with van der Waals surface area (Å²) >= 11 is 0. The number of carbonyl (C=O) groups excluding carboxylic acids is 1. The number of nitrogens with zero attached hydrogens (tertiary/aromatic N) is 2. The number of benzene rings is 1. The zero-order chi connectivity index (χ0) is 15.1. The second-order valence-electron chi connectivity index (χ2n) is 4.83. The van der Waals surface area contributed by atoms with Crippen molar-refractivity contribution in [1.29, 1.82) is 0 Å². The maximum atomic E-state index is 11.7. The van der Waals surface area contributed by atoms with Gasteiger partial charge in [0.25, 0.3) is 5.91 Å². The minimum atomic E-state index is -0.0435. The molecular weight excluding hydrogens is 262 g/mol. The first-order chi connectivity index (χ1) is 10.2.